The van der Waals surface area contributed by atoms with Crippen molar-refractivity contribution in [3.05, 3.63) is 77.5 Å². The van der Waals surface area contributed by atoms with Crippen LogP contribution in [0, 0.1) is 0 Å². The number of hydrogen-bond acceptors (Lipinski definition) is 6. The van der Waals surface area contributed by atoms with Crippen molar-refractivity contribution >= 4 is 12.2 Å². The molecule has 0 unspecified atom stereocenters. The number of hydrogen-bond donors (Lipinski definition) is 0. The molecule has 0 bridgehead atoms. The van der Waals surface area contributed by atoms with Crippen LogP contribution >= 0.6 is 0 Å². The molecule has 0 amide bonds. The molecule has 0 saturated carbocycles. The van der Waals surface area contributed by atoms with Gasteiger partial charge in [0.25, 0.3) is 5.88 Å². The molecule has 0 radical (unpaired) electrons. The summed E-state index contributed by atoms with van der Waals surface area (Å²) in [5.41, 5.74) is 1.82. The van der Waals surface area contributed by atoms with Gasteiger partial charge < -0.3 is 9.47 Å². The number of ether oxygens (including phenoxy) is 2. The Morgan fingerprint density at radius 1 is 1.12 bits per heavy atom. The van der Waals surface area contributed by atoms with Gasteiger partial charge in [-0.15, -0.1) is 5.10 Å². The lowest BCUT2D eigenvalue weighted by molar-refractivity contribution is 0.0513. The Labute approximate surface area is 150 Å². The second kappa shape index (κ2) is 8.57. The molecule has 0 spiro atoms. The van der Waals surface area contributed by atoms with Gasteiger partial charge in [0.1, 0.15) is 6.61 Å². The molecule has 0 aliphatic heterocycles. The maximum absolute atomic E-state index is 12.1. The minimum atomic E-state index is -0.600. The predicted molar refractivity (Wildman–Crippen MR) is 96.2 cm³/mol. The highest BCUT2D eigenvalue weighted by Gasteiger charge is 2.22. The number of esters is 1. The van der Waals surface area contributed by atoms with Gasteiger partial charge >= 0.3 is 5.97 Å². The van der Waals surface area contributed by atoms with E-state index in [1.807, 2.05) is 60.7 Å². The lowest BCUT2D eigenvalue weighted by atomic mass is 10.2. The summed E-state index contributed by atoms with van der Waals surface area (Å²) in [6.07, 6.45) is 1.61. The van der Waals surface area contributed by atoms with Crippen LogP contribution in [0.3, 0.4) is 0 Å². The Bertz CT molecular complexity index is 876. The third-order valence-electron chi connectivity index (χ3n) is 3.42. The first kappa shape index (κ1) is 17.3. The van der Waals surface area contributed by atoms with E-state index in [0.29, 0.717) is 0 Å². The third kappa shape index (κ3) is 4.32. The third-order valence-corrected chi connectivity index (χ3v) is 3.42. The fraction of sp³-hybridized carbons (Fsp3) is 0.158. The zero-order valence-corrected chi connectivity index (χ0v) is 14.3. The van der Waals surface area contributed by atoms with Gasteiger partial charge in [-0.2, -0.15) is 5.10 Å². The summed E-state index contributed by atoms with van der Waals surface area (Å²) >= 11 is 0. The molecule has 0 fully saturated rings. The van der Waals surface area contributed by atoms with Crippen LogP contribution in [-0.2, 0) is 11.3 Å². The van der Waals surface area contributed by atoms with Crippen molar-refractivity contribution in [2.75, 3.05) is 6.61 Å². The van der Waals surface area contributed by atoms with E-state index in [0.717, 1.165) is 11.1 Å². The first-order chi connectivity index (χ1) is 12.8. The first-order valence-corrected chi connectivity index (χ1v) is 8.17. The summed E-state index contributed by atoms with van der Waals surface area (Å²) < 4.78 is 10.8. The molecule has 0 saturated heterocycles. The highest BCUT2D eigenvalue weighted by Crippen LogP contribution is 2.18. The van der Waals surface area contributed by atoms with E-state index < -0.39 is 5.97 Å². The van der Waals surface area contributed by atoms with E-state index in [1.165, 1.54) is 4.79 Å². The summed E-state index contributed by atoms with van der Waals surface area (Å²) in [6.45, 7) is 2.21. The van der Waals surface area contributed by atoms with Gasteiger partial charge in [-0.1, -0.05) is 65.5 Å². The van der Waals surface area contributed by atoms with Crippen LogP contribution in [0.5, 0.6) is 5.88 Å². The van der Waals surface area contributed by atoms with Crippen LogP contribution in [0.15, 0.2) is 65.8 Å². The second-order valence-electron chi connectivity index (χ2n) is 5.28. The largest absolute Gasteiger partial charge is 0.470 e. The van der Waals surface area contributed by atoms with Crippen molar-refractivity contribution in [3.63, 3.8) is 0 Å². The van der Waals surface area contributed by atoms with Crippen LogP contribution in [0.25, 0.3) is 0 Å². The smallest absolute Gasteiger partial charge is 0.364 e. The molecule has 3 aromatic rings. The van der Waals surface area contributed by atoms with Gasteiger partial charge in [0.15, 0.2) is 0 Å². The quantitative estimate of drug-likeness (QED) is 0.483. The molecule has 2 aromatic carbocycles. The van der Waals surface area contributed by atoms with Crippen LogP contribution in [0.1, 0.15) is 28.5 Å². The number of nitrogens with zero attached hydrogens (tertiary/aromatic N) is 4. The van der Waals surface area contributed by atoms with Crippen molar-refractivity contribution in [1.29, 1.82) is 0 Å². The van der Waals surface area contributed by atoms with E-state index in [9.17, 15) is 4.79 Å². The van der Waals surface area contributed by atoms with E-state index in [4.69, 9.17) is 9.47 Å². The van der Waals surface area contributed by atoms with E-state index in [2.05, 4.69) is 15.4 Å². The minimum absolute atomic E-state index is 0.00649. The maximum atomic E-state index is 12.1. The Hall–Kier alpha value is -3.48. The van der Waals surface area contributed by atoms with Gasteiger partial charge in [0.2, 0.25) is 5.69 Å². The Balaban J connectivity index is 1.86. The van der Waals surface area contributed by atoms with Gasteiger partial charge in [0.05, 0.1) is 12.8 Å². The molecule has 7 nitrogen and oxygen atoms in total. The predicted octanol–water partition coefficient (Wildman–Crippen LogP) is 2.92. The van der Waals surface area contributed by atoms with Crippen molar-refractivity contribution in [2.45, 2.75) is 13.5 Å². The molecule has 0 atom stereocenters. The van der Waals surface area contributed by atoms with Crippen LogP contribution < -0.4 is 4.74 Å². The zero-order valence-electron chi connectivity index (χ0n) is 14.3. The summed E-state index contributed by atoms with van der Waals surface area (Å²) in [5, 5.41) is 12.0. The summed E-state index contributed by atoms with van der Waals surface area (Å²) in [5.74, 6) is -0.462. The highest BCUT2D eigenvalue weighted by molar-refractivity contribution is 5.89. The molecular formula is C19H18N4O3. The maximum Gasteiger partial charge on any atom is 0.364 e. The average molecular weight is 350 g/mol. The van der Waals surface area contributed by atoms with Crippen molar-refractivity contribution in [3.8, 4) is 5.88 Å². The summed E-state index contributed by atoms with van der Waals surface area (Å²) in [6, 6.07) is 19.1. The number of benzene rings is 2. The van der Waals surface area contributed by atoms with Crippen molar-refractivity contribution < 1.29 is 14.3 Å². The fourth-order valence-corrected chi connectivity index (χ4v) is 2.18. The van der Waals surface area contributed by atoms with Gasteiger partial charge in [-0.3, -0.25) is 0 Å². The number of rotatable bonds is 7. The van der Waals surface area contributed by atoms with Crippen molar-refractivity contribution in [1.82, 2.24) is 15.1 Å². The molecule has 0 aliphatic rings. The van der Waals surface area contributed by atoms with Crippen molar-refractivity contribution in [2.24, 2.45) is 5.10 Å². The Morgan fingerprint density at radius 2 is 1.81 bits per heavy atom. The van der Waals surface area contributed by atoms with Gasteiger partial charge in [-0.25, -0.2) is 4.79 Å². The lowest BCUT2D eigenvalue weighted by Crippen LogP contribution is -2.09. The minimum Gasteiger partial charge on any atom is -0.470 e. The molecule has 3 rings (SSSR count). The highest BCUT2D eigenvalue weighted by atomic mass is 16.5. The summed E-state index contributed by atoms with van der Waals surface area (Å²) in [4.78, 5) is 13.3. The fourth-order valence-electron chi connectivity index (χ4n) is 2.18. The number of carbonyl (C=O) groups is 1. The molecule has 7 heteroatoms. The lowest BCUT2D eigenvalue weighted by Gasteiger charge is -2.07. The number of carbonyl (C=O) groups excluding carboxylic acids is 1. The molecule has 132 valence electrons. The van der Waals surface area contributed by atoms with Crippen LogP contribution in [-0.4, -0.2) is 33.9 Å². The molecule has 0 aliphatic carbocycles. The van der Waals surface area contributed by atoms with E-state index >= 15 is 0 Å². The molecule has 26 heavy (non-hydrogen) atoms. The van der Waals surface area contributed by atoms with Gasteiger partial charge in [0, 0.05) is 0 Å². The molecule has 1 aromatic heterocycles. The first-order valence-electron chi connectivity index (χ1n) is 8.17. The molecule has 1 heterocycles. The molecule has 0 N–H and O–H groups in total. The summed E-state index contributed by atoms with van der Waals surface area (Å²) in [7, 11) is 0. The van der Waals surface area contributed by atoms with Crippen LogP contribution in [0.4, 0.5) is 0 Å². The van der Waals surface area contributed by atoms with E-state index in [-0.39, 0.29) is 24.8 Å². The normalized spacial score (nSPS) is 10.8. The standard InChI is InChI=1S/C19H18N4O3/c1-2-25-19(24)17-18(26-14-16-11-7-4-8-12-16)23(22-21-17)20-13-15-9-5-3-6-10-15/h3-13H,2,14H2,1H3. The number of aromatic nitrogens is 3. The monoisotopic (exact) mass is 350 g/mol. The second-order valence-corrected chi connectivity index (χ2v) is 5.28. The van der Waals surface area contributed by atoms with Gasteiger partial charge in [-0.05, 0) is 23.3 Å². The Kier molecular flexibility index (Phi) is 5.72. The molecular weight excluding hydrogens is 332 g/mol. The van der Waals surface area contributed by atoms with Crippen LogP contribution in [0.2, 0.25) is 0 Å². The average Bonchev–Trinajstić information content (AvgIpc) is 3.09. The SMILES string of the molecule is CCOC(=O)c1nnn(N=Cc2ccccc2)c1OCc1ccccc1. The Morgan fingerprint density at radius 3 is 2.50 bits per heavy atom. The zero-order chi connectivity index (χ0) is 18.2. The van der Waals surface area contributed by atoms with E-state index in [1.54, 1.807) is 13.1 Å². The topological polar surface area (TPSA) is 78.6 Å².